The van der Waals surface area contributed by atoms with Crippen molar-refractivity contribution in [2.24, 2.45) is 0 Å². The van der Waals surface area contributed by atoms with Gasteiger partial charge in [0.05, 0.1) is 11.1 Å². The summed E-state index contributed by atoms with van der Waals surface area (Å²) in [5.74, 6) is -0.235. The fourth-order valence-electron chi connectivity index (χ4n) is 3.48. The van der Waals surface area contributed by atoms with Crippen LogP contribution in [0.2, 0.25) is 0 Å². The summed E-state index contributed by atoms with van der Waals surface area (Å²) in [6.45, 7) is 0. The Bertz CT molecular complexity index is 1090. The number of nitrogens with zero attached hydrogens (tertiary/aromatic N) is 1. The Balaban J connectivity index is 1.94. The number of anilines is 2. The smallest absolute Gasteiger partial charge is 0.136 e. The van der Waals surface area contributed by atoms with Crippen molar-refractivity contribution in [1.82, 2.24) is 4.98 Å². The molecule has 0 saturated heterocycles. The summed E-state index contributed by atoms with van der Waals surface area (Å²) >= 11 is 0. The van der Waals surface area contributed by atoms with Crippen LogP contribution in [0, 0.1) is 5.82 Å². The van der Waals surface area contributed by atoms with E-state index >= 15 is 0 Å². The average molecular weight is 357 g/mol. The maximum atomic E-state index is 14.6. The third-order valence-electron chi connectivity index (χ3n) is 4.74. The molecule has 4 aromatic rings. The Labute approximate surface area is 157 Å². The quantitative estimate of drug-likeness (QED) is 0.519. The Kier molecular flexibility index (Phi) is 4.47. The molecule has 0 bridgehead atoms. The van der Waals surface area contributed by atoms with Gasteiger partial charge in [0.1, 0.15) is 11.6 Å². The molecule has 134 valence electrons. The van der Waals surface area contributed by atoms with Crippen molar-refractivity contribution in [3.05, 3.63) is 101 Å². The molecule has 27 heavy (non-hydrogen) atoms. The largest absolute Gasteiger partial charge is 0.399 e. The molecular formula is C23H20FN3. The third-order valence-corrected chi connectivity index (χ3v) is 4.74. The Morgan fingerprint density at radius 3 is 2.00 bits per heavy atom. The monoisotopic (exact) mass is 357 g/mol. The van der Waals surface area contributed by atoms with E-state index in [0.29, 0.717) is 23.9 Å². The number of benzene rings is 3. The molecule has 0 aliphatic heterocycles. The minimum atomic E-state index is -0.435. The van der Waals surface area contributed by atoms with E-state index in [1.165, 1.54) is 6.07 Å². The van der Waals surface area contributed by atoms with Crippen LogP contribution in [-0.2, 0) is 12.8 Å². The van der Waals surface area contributed by atoms with Gasteiger partial charge in [-0.15, -0.1) is 0 Å². The van der Waals surface area contributed by atoms with Gasteiger partial charge in [-0.1, -0.05) is 60.7 Å². The summed E-state index contributed by atoms with van der Waals surface area (Å²) in [6, 6.07) is 23.2. The van der Waals surface area contributed by atoms with Gasteiger partial charge < -0.3 is 11.5 Å². The van der Waals surface area contributed by atoms with Gasteiger partial charge in [-0.25, -0.2) is 9.37 Å². The first-order chi connectivity index (χ1) is 13.1. The minimum absolute atomic E-state index is 0.199. The zero-order valence-corrected chi connectivity index (χ0v) is 14.8. The first-order valence-electron chi connectivity index (χ1n) is 8.85. The molecule has 0 saturated carbocycles. The average Bonchev–Trinajstić information content (AvgIpc) is 2.66. The Hall–Kier alpha value is -3.40. The van der Waals surface area contributed by atoms with Crippen molar-refractivity contribution in [3.63, 3.8) is 0 Å². The highest BCUT2D eigenvalue weighted by Gasteiger charge is 2.17. The molecule has 0 amide bonds. The summed E-state index contributed by atoms with van der Waals surface area (Å²) in [5, 5.41) is 1.07. The van der Waals surface area contributed by atoms with E-state index in [9.17, 15) is 4.39 Å². The molecule has 0 atom stereocenters. The summed E-state index contributed by atoms with van der Waals surface area (Å²) < 4.78 is 14.6. The van der Waals surface area contributed by atoms with Crippen LogP contribution >= 0.6 is 0 Å². The fourth-order valence-corrected chi connectivity index (χ4v) is 3.48. The fraction of sp³-hybridized carbons (Fsp3) is 0.0870. The van der Waals surface area contributed by atoms with Crippen LogP contribution in [0.3, 0.4) is 0 Å². The SMILES string of the molecule is Nc1cc(F)c2c(N)nc(Cc3ccccc3)c(Cc3ccccc3)c2c1. The molecule has 0 fully saturated rings. The van der Waals surface area contributed by atoms with Crippen LogP contribution < -0.4 is 11.5 Å². The van der Waals surface area contributed by atoms with Gasteiger partial charge in [0.25, 0.3) is 0 Å². The second-order valence-electron chi connectivity index (χ2n) is 6.67. The molecule has 0 radical (unpaired) electrons. The summed E-state index contributed by atoms with van der Waals surface area (Å²) in [4.78, 5) is 4.58. The highest BCUT2D eigenvalue weighted by molar-refractivity contribution is 5.96. The van der Waals surface area contributed by atoms with Gasteiger partial charge in [-0.3, -0.25) is 0 Å². The number of halogens is 1. The van der Waals surface area contributed by atoms with Gasteiger partial charge in [0, 0.05) is 12.1 Å². The van der Waals surface area contributed by atoms with Crippen molar-refractivity contribution in [2.45, 2.75) is 12.8 Å². The van der Waals surface area contributed by atoms with Crippen LogP contribution in [0.15, 0.2) is 72.8 Å². The third kappa shape index (κ3) is 3.47. The van der Waals surface area contributed by atoms with E-state index in [0.717, 1.165) is 27.8 Å². The van der Waals surface area contributed by atoms with Gasteiger partial charge in [0.15, 0.2) is 0 Å². The number of aromatic nitrogens is 1. The van der Waals surface area contributed by atoms with Gasteiger partial charge >= 0.3 is 0 Å². The van der Waals surface area contributed by atoms with Crippen molar-refractivity contribution in [2.75, 3.05) is 11.5 Å². The molecule has 0 unspecified atom stereocenters. The Morgan fingerprint density at radius 1 is 0.778 bits per heavy atom. The zero-order chi connectivity index (χ0) is 18.8. The number of hydrogen-bond donors (Lipinski definition) is 2. The Morgan fingerprint density at radius 2 is 1.37 bits per heavy atom. The van der Waals surface area contributed by atoms with E-state index in [1.807, 2.05) is 48.5 Å². The predicted molar refractivity (Wildman–Crippen MR) is 109 cm³/mol. The molecule has 4 N–H and O–H groups in total. The van der Waals surface area contributed by atoms with Crippen LogP contribution in [0.1, 0.15) is 22.4 Å². The van der Waals surface area contributed by atoms with E-state index in [2.05, 4.69) is 17.1 Å². The maximum Gasteiger partial charge on any atom is 0.136 e. The van der Waals surface area contributed by atoms with Crippen molar-refractivity contribution < 1.29 is 4.39 Å². The minimum Gasteiger partial charge on any atom is -0.399 e. The van der Waals surface area contributed by atoms with E-state index in [1.54, 1.807) is 6.07 Å². The first kappa shape index (κ1) is 17.0. The van der Waals surface area contributed by atoms with Crippen molar-refractivity contribution in [1.29, 1.82) is 0 Å². The number of nitrogen functional groups attached to an aromatic ring is 2. The lowest BCUT2D eigenvalue weighted by atomic mass is 9.94. The van der Waals surface area contributed by atoms with Gasteiger partial charge in [-0.05, 0) is 40.6 Å². The van der Waals surface area contributed by atoms with Crippen LogP contribution in [0.25, 0.3) is 10.8 Å². The number of rotatable bonds is 4. The number of hydrogen-bond acceptors (Lipinski definition) is 3. The summed E-state index contributed by atoms with van der Waals surface area (Å²) in [6.07, 6.45) is 1.26. The van der Waals surface area contributed by atoms with E-state index in [4.69, 9.17) is 11.5 Å². The van der Waals surface area contributed by atoms with Crippen LogP contribution in [0.4, 0.5) is 15.9 Å². The molecule has 0 aliphatic carbocycles. The van der Waals surface area contributed by atoms with E-state index in [-0.39, 0.29) is 5.82 Å². The molecule has 0 aliphatic rings. The molecular weight excluding hydrogens is 337 g/mol. The molecule has 4 heteroatoms. The lowest BCUT2D eigenvalue weighted by Crippen LogP contribution is -2.07. The molecule has 3 aromatic carbocycles. The maximum absolute atomic E-state index is 14.6. The predicted octanol–water partition coefficient (Wildman–Crippen LogP) is 4.72. The first-order valence-corrected chi connectivity index (χ1v) is 8.85. The normalized spacial score (nSPS) is 11.0. The number of nitrogens with two attached hydrogens (primary N) is 2. The standard InChI is InChI=1S/C23H20FN3/c24-20-14-17(25)13-19-18(11-15-7-3-1-4-8-15)21(27-23(26)22(19)20)12-16-9-5-2-6-10-16/h1-10,13-14H,11-12,25H2,(H2,26,27). The van der Waals surface area contributed by atoms with Gasteiger partial charge in [-0.2, -0.15) is 0 Å². The zero-order valence-electron chi connectivity index (χ0n) is 14.8. The lowest BCUT2D eigenvalue weighted by Gasteiger charge is -2.16. The topological polar surface area (TPSA) is 64.9 Å². The molecule has 0 spiro atoms. The van der Waals surface area contributed by atoms with Crippen molar-refractivity contribution >= 4 is 22.3 Å². The number of fused-ring (bicyclic) bond motifs is 1. The second-order valence-corrected chi connectivity index (χ2v) is 6.67. The highest BCUT2D eigenvalue weighted by Crippen LogP contribution is 2.32. The highest BCUT2D eigenvalue weighted by atomic mass is 19.1. The second kappa shape index (κ2) is 7.08. The summed E-state index contributed by atoms with van der Waals surface area (Å²) in [7, 11) is 0. The lowest BCUT2D eigenvalue weighted by molar-refractivity contribution is 0.640. The van der Waals surface area contributed by atoms with Gasteiger partial charge in [0.2, 0.25) is 0 Å². The molecule has 1 aromatic heterocycles. The molecule has 3 nitrogen and oxygen atoms in total. The molecule has 1 heterocycles. The van der Waals surface area contributed by atoms with Crippen molar-refractivity contribution in [3.8, 4) is 0 Å². The molecule has 4 rings (SSSR count). The summed E-state index contributed by atoms with van der Waals surface area (Å²) in [5.41, 5.74) is 16.5. The number of pyridine rings is 1. The van der Waals surface area contributed by atoms with Crippen LogP contribution in [0.5, 0.6) is 0 Å². The van der Waals surface area contributed by atoms with Crippen LogP contribution in [-0.4, -0.2) is 4.98 Å². The van der Waals surface area contributed by atoms with E-state index < -0.39 is 5.82 Å².